The van der Waals surface area contributed by atoms with Gasteiger partial charge in [0, 0.05) is 51.4 Å². The van der Waals surface area contributed by atoms with Crippen LogP contribution in [0.3, 0.4) is 0 Å². The summed E-state index contributed by atoms with van der Waals surface area (Å²) in [5.41, 5.74) is 3.29. The number of amides is 2. The number of hydrogen-bond acceptors (Lipinski definition) is 6. The van der Waals surface area contributed by atoms with Crippen molar-refractivity contribution in [2.45, 2.75) is 18.9 Å². The van der Waals surface area contributed by atoms with Crippen LogP contribution in [0, 0.1) is 0 Å². The van der Waals surface area contributed by atoms with E-state index in [0.29, 0.717) is 36.8 Å². The Labute approximate surface area is 238 Å². The molecule has 5 rings (SSSR count). The van der Waals surface area contributed by atoms with Crippen molar-refractivity contribution in [1.29, 1.82) is 0 Å². The highest BCUT2D eigenvalue weighted by Crippen LogP contribution is 2.29. The van der Waals surface area contributed by atoms with Crippen molar-refractivity contribution in [1.82, 2.24) is 24.8 Å². The van der Waals surface area contributed by atoms with Gasteiger partial charge in [0.05, 0.1) is 18.3 Å². The van der Waals surface area contributed by atoms with Gasteiger partial charge in [-0.1, -0.05) is 71.9 Å². The molecule has 1 fully saturated rings. The molecule has 0 radical (unpaired) electrons. The zero-order chi connectivity index (χ0) is 28.6. The van der Waals surface area contributed by atoms with Gasteiger partial charge in [-0.05, 0) is 24.1 Å². The Hall–Kier alpha value is -4.70. The van der Waals surface area contributed by atoms with Crippen LogP contribution >= 0.6 is 0 Å². The molecule has 1 atom stereocenters. The number of methoxy groups -OCH3 is 1. The van der Waals surface area contributed by atoms with Gasteiger partial charge in [0.25, 0.3) is 5.91 Å². The number of piperazine rings is 1. The molecule has 2 heterocycles. The highest BCUT2D eigenvalue weighted by Gasteiger charge is 2.36. The third kappa shape index (κ3) is 6.55. The van der Waals surface area contributed by atoms with Crippen molar-refractivity contribution < 1.29 is 24.2 Å². The number of carbonyl (C=O) groups is 2. The van der Waals surface area contributed by atoms with E-state index in [0.717, 1.165) is 17.5 Å². The summed E-state index contributed by atoms with van der Waals surface area (Å²) in [5.74, 6) is 0.391. The van der Waals surface area contributed by atoms with Crippen molar-refractivity contribution >= 4 is 12.0 Å². The van der Waals surface area contributed by atoms with E-state index in [1.54, 1.807) is 16.7 Å². The molecule has 0 bridgehead atoms. The molecule has 3 aromatic carbocycles. The molecule has 0 aliphatic carbocycles. The molecular weight excluding hydrogens is 522 g/mol. The van der Waals surface area contributed by atoms with Gasteiger partial charge in [0.15, 0.2) is 5.69 Å². The number of aromatic nitrogens is 3. The topological polar surface area (TPSA) is 110 Å². The maximum Gasteiger partial charge on any atom is 0.407 e. The fourth-order valence-corrected chi connectivity index (χ4v) is 5.05. The first-order valence-electron chi connectivity index (χ1n) is 13.6. The Balaban J connectivity index is 1.49. The fraction of sp³-hybridized carbons (Fsp3) is 0.290. The molecule has 1 unspecified atom stereocenters. The largest absolute Gasteiger partial charge is 0.493 e. The summed E-state index contributed by atoms with van der Waals surface area (Å²) in [5, 5.41) is 18.5. The second kappa shape index (κ2) is 13.1. The lowest BCUT2D eigenvalue weighted by Gasteiger charge is -2.40. The van der Waals surface area contributed by atoms with Crippen LogP contribution in [-0.2, 0) is 11.2 Å². The average Bonchev–Trinajstić information content (AvgIpc) is 3.45. The van der Waals surface area contributed by atoms with Crippen LogP contribution < -0.4 is 4.74 Å². The van der Waals surface area contributed by atoms with Crippen molar-refractivity contribution in [2.75, 3.05) is 40.0 Å². The Kier molecular flexibility index (Phi) is 8.90. The lowest BCUT2D eigenvalue weighted by molar-refractivity contribution is 0.0446. The zero-order valence-corrected chi connectivity index (χ0v) is 22.9. The maximum absolute atomic E-state index is 14.2. The Morgan fingerprint density at radius 2 is 1.71 bits per heavy atom. The fourth-order valence-electron chi connectivity index (χ4n) is 5.05. The number of nitrogens with zero attached hydrogens (tertiary/aromatic N) is 5. The standard InChI is InChI=1S/C31H33N5O5/c1-40-18-9-19-41-27-15-8-14-25(21-27)36-29(24-12-6-3-7-13-24)28(32-33-36)30(37)35-17-16-34(31(38)39)22-26(35)20-23-10-4-2-5-11-23/h2-8,10-15,21,26H,9,16-20,22H2,1H3,(H,38,39). The minimum absolute atomic E-state index is 0.212. The molecule has 1 aromatic heterocycles. The Morgan fingerprint density at radius 3 is 2.44 bits per heavy atom. The minimum Gasteiger partial charge on any atom is -0.493 e. The predicted octanol–water partition coefficient (Wildman–Crippen LogP) is 4.40. The Bertz CT molecular complexity index is 1460. The molecule has 10 nitrogen and oxygen atoms in total. The third-order valence-electron chi connectivity index (χ3n) is 7.07. The zero-order valence-electron chi connectivity index (χ0n) is 22.9. The normalized spacial score (nSPS) is 15.1. The molecule has 1 N–H and O–H groups in total. The summed E-state index contributed by atoms with van der Waals surface area (Å²) in [7, 11) is 1.66. The van der Waals surface area contributed by atoms with Crippen LogP contribution in [0.2, 0.25) is 0 Å². The van der Waals surface area contributed by atoms with Gasteiger partial charge >= 0.3 is 6.09 Å². The first-order chi connectivity index (χ1) is 20.0. The summed E-state index contributed by atoms with van der Waals surface area (Å²) >= 11 is 0. The summed E-state index contributed by atoms with van der Waals surface area (Å²) in [4.78, 5) is 29.1. The number of benzene rings is 3. The molecule has 1 aliphatic rings. The predicted molar refractivity (Wildman–Crippen MR) is 153 cm³/mol. The van der Waals surface area contributed by atoms with Crippen molar-refractivity contribution in [3.05, 3.63) is 96.2 Å². The van der Waals surface area contributed by atoms with E-state index in [1.807, 2.05) is 84.9 Å². The van der Waals surface area contributed by atoms with E-state index in [9.17, 15) is 14.7 Å². The summed E-state index contributed by atoms with van der Waals surface area (Å²) in [6, 6.07) is 26.5. The van der Waals surface area contributed by atoms with Gasteiger partial charge in [-0.2, -0.15) is 0 Å². The quantitative estimate of drug-likeness (QED) is 0.289. The van der Waals surface area contributed by atoms with Gasteiger partial charge in [-0.15, -0.1) is 5.10 Å². The minimum atomic E-state index is -0.990. The first-order valence-corrected chi connectivity index (χ1v) is 13.6. The number of hydrogen-bond donors (Lipinski definition) is 1. The molecule has 4 aromatic rings. The smallest absolute Gasteiger partial charge is 0.407 e. The number of carboxylic acid groups (broad SMARTS) is 1. The molecule has 1 saturated heterocycles. The van der Waals surface area contributed by atoms with E-state index in [1.165, 1.54) is 4.90 Å². The highest BCUT2D eigenvalue weighted by atomic mass is 16.5. The van der Waals surface area contributed by atoms with Crippen LogP contribution in [-0.4, -0.2) is 87.9 Å². The summed E-state index contributed by atoms with van der Waals surface area (Å²) in [6.45, 7) is 1.82. The van der Waals surface area contributed by atoms with Crippen LogP contribution in [0.25, 0.3) is 16.9 Å². The number of ether oxygens (including phenoxy) is 2. The van der Waals surface area contributed by atoms with Crippen LogP contribution in [0.4, 0.5) is 4.79 Å². The van der Waals surface area contributed by atoms with Crippen molar-refractivity contribution in [3.8, 4) is 22.7 Å². The van der Waals surface area contributed by atoms with E-state index < -0.39 is 6.09 Å². The van der Waals surface area contributed by atoms with Crippen molar-refractivity contribution in [2.24, 2.45) is 0 Å². The monoisotopic (exact) mass is 555 g/mol. The van der Waals surface area contributed by atoms with Gasteiger partial charge in [-0.25, -0.2) is 9.48 Å². The Morgan fingerprint density at radius 1 is 0.951 bits per heavy atom. The van der Waals surface area contributed by atoms with E-state index >= 15 is 0 Å². The van der Waals surface area contributed by atoms with Gasteiger partial charge in [0.2, 0.25) is 0 Å². The highest BCUT2D eigenvalue weighted by molar-refractivity contribution is 5.98. The van der Waals surface area contributed by atoms with Crippen molar-refractivity contribution in [3.63, 3.8) is 0 Å². The van der Waals surface area contributed by atoms with E-state index in [-0.39, 0.29) is 37.3 Å². The molecule has 0 saturated carbocycles. The second-order valence-corrected chi connectivity index (χ2v) is 9.83. The third-order valence-corrected chi connectivity index (χ3v) is 7.07. The molecular formula is C31H33N5O5. The molecule has 0 spiro atoms. The lowest BCUT2D eigenvalue weighted by Crippen LogP contribution is -2.57. The SMILES string of the molecule is COCCCOc1cccc(-n2nnc(C(=O)N3CCN(C(=O)O)CC3Cc3ccccc3)c2-c2ccccc2)c1. The van der Waals surface area contributed by atoms with E-state index in [4.69, 9.17) is 9.47 Å². The summed E-state index contributed by atoms with van der Waals surface area (Å²) in [6.07, 6.45) is 0.292. The maximum atomic E-state index is 14.2. The van der Waals surface area contributed by atoms with Crippen LogP contribution in [0.15, 0.2) is 84.9 Å². The van der Waals surface area contributed by atoms with E-state index in [2.05, 4.69) is 10.3 Å². The van der Waals surface area contributed by atoms with Crippen LogP contribution in [0.1, 0.15) is 22.5 Å². The number of carbonyl (C=O) groups excluding carboxylic acids is 1. The van der Waals surface area contributed by atoms with Crippen LogP contribution in [0.5, 0.6) is 5.75 Å². The second-order valence-electron chi connectivity index (χ2n) is 9.83. The molecule has 212 valence electrons. The van der Waals surface area contributed by atoms with Gasteiger partial charge in [-0.3, -0.25) is 4.79 Å². The molecule has 41 heavy (non-hydrogen) atoms. The lowest BCUT2D eigenvalue weighted by atomic mass is 10.0. The first kappa shape index (κ1) is 27.9. The van der Waals surface area contributed by atoms with Gasteiger partial charge in [0.1, 0.15) is 11.4 Å². The molecule has 10 heteroatoms. The molecule has 2 amide bonds. The van der Waals surface area contributed by atoms with Gasteiger partial charge < -0.3 is 24.4 Å². The molecule has 1 aliphatic heterocycles. The number of rotatable bonds is 10. The summed E-state index contributed by atoms with van der Waals surface area (Å²) < 4.78 is 12.7. The average molecular weight is 556 g/mol.